The topological polar surface area (TPSA) is 54.0 Å². The van der Waals surface area contributed by atoms with Gasteiger partial charge in [0.1, 0.15) is 0 Å². The summed E-state index contributed by atoms with van der Waals surface area (Å²) in [6.07, 6.45) is 1.08. The fourth-order valence-electron chi connectivity index (χ4n) is 1.14. The van der Waals surface area contributed by atoms with Gasteiger partial charge >= 0.3 is 9.05 Å². The van der Waals surface area contributed by atoms with Crippen LogP contribution in [-0.2, 0) is 22.5 Å². The third-order valence-electron chi connectivity index (χ3n) is 1.66. The normalized spacial score (nSPS) is 10.8. The average molecular weight is 257 g/mol. The Morgan fingerprint density at radius 3 is 1.65 bits per heavy atom. The van der Waals surface area contributed by atoms with Crippen molar-refractivity contribution in [3.05, 3.63) is 0 Å². The molecular formula is C10H22LiO5Si. The molecule has 0 aromatic rings. The maximum Gasteiger partial charge on any atom is 0.751 e. The van der Waals surface area contributed by atoms with Crippen LogP contribution in [0, 0.1) is 0 Å². The molecule has 0 heterocycles. The Morgan fingerprint density at radius 1 is 0.941 bits per heavy atom. The number of hydrogen-bond acceptors (Lipinski definition) is 5. The standard InChI is InChI=1S/C10H22O5Si.Li/c1-5-9-10(11)15-16(12-6-2,13-7-3)14-8-4;/h5-9H2,1-4H3;. The van der Waals surface area contributed by atoms with Crippen LogP contribution in [0.5, 0.6) is 0 Å². The maximum atomic E-state index is 11.5. The van der Waals surface area contributed by atoms with E-state index in [2.05, 4.69) is 0 Å². The van der Waals surface area contributed by atoms with Crippen molar-refractivity contribution < 1.29 is 22.5 Å². The summed E-state index contributed by atoms with van der Waals surface area (Å²) >= 11 is 0. The monoisotopic (exact) mass is 257 g/mol. The third kappa shape index (κ3) is 7.98. The van der Waals surface area contributed by atoms with Crippen molar-refractivity contribution in [2.75, 3.05) is 19.8 Å². The number of carbonyl (C=O) groups excluding carboxylic acids is 1. The van der Waals surface area contributed by atoms with Crippen LogP contribution in [0.2, 0.25) is 0 Å². The Bertz CT molecular complexity index is 186. The minimum atomic E-state index is -3.25. The van der Waals surface area contributed by atoms with Crippen LogP contribution in [0.4, 0.5) is 0 Å². The molecule has 0 aromatic carbocycles. The van der Waals surface area contributed by atoms with Gasteiger partial charge in [-0.2, -0.15) is 0 Å². The van der Waals surface area contributed by atoms with Crippen LogP contribution >= 0.6 is 0 Å². The zero-order valence-corrected chi connectivity index (χ0v) is 12.6. The molecule has 0 saturated heterocycles. The van der Waals surface area contributed by atoms with E-state index in [4.69, 9.17) is 17.7 Å². The zero-order valence-electron chi connectivity index (χ0n) is 11.6. The molecule has 0 bridgehead atoms. The first-order chi connectivity index (χ1) is 7.64. The van der Waals surface area contributed by atoms with Gasteiger partial charge < -0.3 is 17.7 Å². The van der Waals surface area contributed by atoms with Gasteiger partial charge in [-0.3, -0.25) is 4.79 Å². The second-order valence-corrected chi connectivity index (χ2v) is 5.09. The van der Waals surface area contributed by atoms with Crippen LogP contribution in [-0.4, -0.2) is 53.7 Å². The quantitative estimate of drug-likeness (QED) is 0.586. The van der Waals surface area contributed by atoms with E-state index >= 15 is 0 Å². The molecule has 0 aromatic heterocycles. The smallest absolute Gasteiger partial charge is 0.452 e. The molecule has 0 aliphatic carbocycles. The van der Waals surface area contributed by atoms with Crippen molar-refractivity contribution >= 4 is 33.9 Å². The molecule has 0 N–H and O–H groups in total. The van der Waals surface area contributed by atoms with Gasteiger partial charge in [-0.05, 0) is 27.2 Å². The molecule has 0 unspecified atom stereocenters. The van der Waals surface area contributed by atoms with Gasteiger partial charge in [-0.1, -0.05) is 6.92 Å². The van der Waals surface area contributed by atoms with Crippen LogP contribution in [0.25, 0.3) is 0 Å². The summed E-state index contributed by atoms with van der Waals surface area (Å²) < 4.78 is 21.4. The second kappa shape index (κ2) is 11.3. The van der Waals surface area contributed by atoms with Crippen LogP contribution in [0.3, 0.4) is 0 Å². The van der Waals surface area contributed by atoms with E-state index in [1.54, 1.807) is 0 Å². The van der Waals surface area contributed by atoms with Gasteiger partial charge in [0.25, 0.3) is 5.97 Å². The van der Waals surface area contributed by atoms with Gasteiger partial charge in [-0.15, -0.1) is 0 Å². The molecule has 0 aliphatic heterocycles. The van der Waals surface area contributed by atoms with Crippen LogP contribution in [0.15, 0.2) is 0 Å². The molecular weight excluding hydrogens is 235 g/mol. The Balaban J connectivity index is 0. The van der Waals surface area contributed by atoms with Gasteiger partial charge in [-0.25, -0.2) is 0 Å². The molecule has 1 radical (unpaired) electrons. The predicted molar refractivity (Wildman–Crippen MR) is 67.4 cm³/mol. The van der Waals surface area contributed by atoms with Crippen molar-refractivity contribution in [2.24, 2.45) is 0 Å². The van der Waals surface area contributed by atoms with E-state index in [1.807, 2.05) is 27.7 Å². The van der Waals surface area contributed by atoms with Crippen LogP contribution in [0.1, 0.15) is 40.5 Å². The fraction of sp³-hybridized carbons (Fsp3) is 0.900. The number of hydrogen-bond donors (Lipinski definition) is 0. The zero-order chi connectivity index (χ0) is 12.4. The maximum absolute atomic E-state index is 11.5. The average Bonchev–Trinajstić information content (AvgIpc) is 2.18. The van der Waals surface area contributed by atoms with Crippen molar-refractivity contribution in [1.82, 2.24) is 0 Å². The molecule has 5 nitrogen and oxygen atoms in total. The van der Waals surface area contributed by atoms with Crippen molar-refractivity contribution in [2.45, 2.75) is 40.5 Å². The molecule has 17 heavy (non-hydrogen) atoms. The van der Waals surface area contributed by atoms with E-state index < -0.39 is 9.05 Å². The second-order valence-electron chi connectivity index (χ2n) is 3.02. The Hall–Kier alpha value is 0.164. The third-order valence-corrected chi connectivity index (χ3v) is 4.06. The van der Waals surface area contributed by atoms with E-state index in [-0.39, 0.29) is 24.8 Å². The molecule has 7 heteroatoms. The van der Waals surface area contributed by atoms with Crippen molar-refractivity contribution in [3.63, 3.8) is 0 Å². The Kier molecular flexibility index (Phi) is 12.9. The van der Waals surface area contributed by atoms with E-state index in [1.165, 1.54) is 0 Å². The summed E-state index contributed by atoms with van der Waals surface area (Å²) in [7, 11) is -3.25. The molecule has 0 amide bonds. The molecule has 0 fully saturated rings. The Labute approximate surface area is 117 Å². The minimum absolute atomic E-state index is 0. The molecule has 0 saturated carbocycles. The predicted octanol–water partition coefficient (Wildman–Crippen LogP) is 1.49. The summed E-state index contributed by atoms with van der Waals surface area (Å²) in [4.78, 5) is 11.5. The first-order valence-electron chi connectivity index (χ1n) is 5.77. The SMILES string of the molecule is CCCC(=O)O[Si](OCC)(OCC)OCC.[Li]. The molecule has 97 valence electrons. The van der Waals surface area contributed by atoms with E-state index in [0.717, 1.165) is 6.42 Å². The Morgan fingerprint density at radius 2 is 1.35 bits per heavy atom. The van der Waals surface area contributed by atoms with Crippen molar-refractivity contribution in [3.8, 4) is 0 Å². The van der Waals surface area contributed by atoms with Gasteiger partial charge in [0.15, 0.2) is 0 Å². The molecule has 0 atom stereocenters. The summed E-state index contributed by atoms with van der Waals surface area (Å²) in [6.45, 7) is 8.53. The summed E-state index contributed by atoms with van der Waals surface area (Å²) in [5.41, 5.74) is 0. The first kappa shape index (κ1) is 19.5. The molecule has 0 aliphatic rings. The van der Waals surface area contributed by atoms with E-state index in [0.29, 0.717) is 26.2 Å². The number of rotatable bonds is 9. The van der Waals surface area contributed by atoms with E-state index in [9.17, 15) is 4.79 Å². The van der Waals surface area contributed by atoms with Crippen LogP contribution < -0.4 is 0 Å². The van der Waals surface area contributed by atoms with Gasteiger partial charge in [0.2, 0.25) is 0 Å². The van der Waals surface area contributed by atoms with Gasteiger partial charge in [0.05, 0.1) is 0 Å². The molecule has 0 spiro atoms. The minimum Gasteiger partial charge on any atom is -0.452 e. The number of carbonyl (C=O) groups is 1. The fourth-order valence-corrected chi connectivity index (χ4v) is 3.01. The largest absolute Gasteiger partial charge is 0.751 e. The first-order valence-corrected chi connectivity index (χ1v) is 7.41. The summed E-state index contributed by atoms with van der Waals surface area (Å²) in [5, 5.41) is 0. The summed E-state index contributed by atoms with van der Waals surface area (Å²) in [5.74, 6) is -0.329. The van der Waals surface area contributed by atoms with Gasteiger partial charge in [0, 0.05) is 45.1 Å². The summed E-state index contributed by atoms with van der Waals surface area (Å²) in [6, 6.07) is 0. The molecule has 0 rings (SSSR count). The van der Waals surface area contributed by atoms with Crippen molar-refractivity contribution in [1.29, 1.82) is 0 Å².